The molecule has 1 aliphatic heterocycles. The zero-order valence-corrected chi connectivity index (χ0v) is 12.5. The van der Waals surface area contributed by atoms with Crippen molar-refractivity contribution in [3.63, 3.8) is 0 Å². The van der Waals surface area contributed by atoms with Gasteiger partial charge in [0.2, 0.25) is 5.82 Å². The van der Waals surface area contributed by atoms with Gasteiger partial charge in [0.15, 0.2) is 0 Å². The molecule has 0 bridgehead atoms. The summed E-state index contributed by atoms with van der Waals surface area (Å²) in [4.78, 5) is 5.74. The lowest BCUT2D eigenvalue weighted by Crippen LogP contribution is -2.34. The van der Waals surface area contributed by atoms with E-state index in [0.29, 0.717) is 18.1 Å². The molecule has 1 atom stereocenters. The number of ether oxygens (including phenoxy) is 1. The third-order valence-electron chi connectivity index (χ3n) is 3.76. The van der Waals surface area contributed by atoms with Crippen molar-refractivity contribution in [1.29, 1.82) is 0 Å². The van der Waals surface area contributed by atoms with Crippen molar-refractivity contribution in [1.82, 2.24) is 30.5 Å². The largest absolute Gasteiger partial charge is 0.378 e. The van der Waals surface area contributed by atoms with Gasteiger partial charge in [-0.25, -0.2) is 0 Å². The maximum atomic E-state index is 5.49. The number of rotatable bonds is 3. The van der Waals surface area contributed by atoms with Crippen molar-refractivity contribution in [2.24, 2.45) is 0 Å². The molecule has 1 unspecified atom stereocenters. The van der Waals surface area contributed by atoms with Gasteiger partial charge in [-0.05, 0) is 35.0 Å². The van der Waals surface area contributed by atoms with E-state index in [4.69, 9.17) is 4.74 Å². The zero-order chi connectivity index (χ0) is 15.5. The Labute approximate surface area is 133 Å². The van der Waals surface area contributed by atoms with Crippen molar-refractivity contribution in [2.45, 2.75) is 6.04 Å². The Kier molecular flexibility index (Phi) is 3.79. The summed E-state index contributed by atoms with van der Waals surface area (Å²) in [6.07, 6.45) is 1.71. The van der Waals surface area contributed by atoms with Crippen LogP contribution in [-0.4, -0.2) is 44.9 Å². The van der Waals surface area contributed by atoms with E-state index < -0.39 is 0 Å². The SMILES string of the molecule is c1ccc(-c2nnn(-c3ccc(C4COCCN4)cc3)n2)nc1. The Morgan fingerprint density at radius 2 is 2.04 bits per heavy atom. The van der Waals surface area contributed by atoms with E-state index in [1.165, 1.54) is 10.4 Å². The first-order valence-corrected chi connectivity index (χ1v) is 7.53. The number of nitrogens with one attached hydrogen (secondary N) is 1. The first-order valence-electron chi connectivity index (χ1n) is 7.53. The van der Waals surface area contributed by atoms with Gasteiger partial charge in [-0.2, -0.15) is 0 Å². The van der Waals surface area contributed by atoms with Crippen molar-refractivity contribution >= 4 is 0 Å². The van der Waals surface area contributed by atoms with Crippen LogP contribution in [0.5, 0.6) is 0 Å². The first kappa shape index (κ1) is 14.0. The molecule has 0 spiro atoms. The van der Waals surface area contributed by atoms with Crippen LogP contribution in [0.15, 0.2) is 48.7 Å². The molecule has 1 aliphatic rings. The highest BCUT2D eigenvalue weighted by Gasteiger charge is 2.15. The molecule has 0 saturated carbocycles. The topological polar surface area (TPSA) is 77.8 Å². The van der Waals surface area contributed by atoms with Crippen LogP contribution in [0, 0.1) is 0 Å². The van der Waals surface area contributed by atoms with Crippen LogP contribution in [0.2, 0.25) is 0 Å². The number of morpholine rings is 1. The Bertz CT molecular complexity index is 765. The smallest absolute Gasteiger partial charge is 0.223 e. The van der Waals surface area contributed by atoms with Gasteiger partial charge in [0.25, 0.3) is 0 Å². The number of aromatic nitrogens is 5. The van der Waals surface area contributed by atoms with E-state index in [9.17, 15) is 0 Å². The number of pyridine rings is 1. The first-order chi connectivity index (χ1) is 11.4. The standard InChI is InChI=1S/C16H16N6O/c1-2-8-17-14(3-1)16-19-21-22(20-16)13-6-4-12(5-7-13)15-11-23-10-9-18-15/h1-8,15,18H,9-11H2. The Hall–Kier alpha value is -2.64. The summed E-state index contributed by atoms with van der Waals surface area (Å²) < 4.78 is 5.49. The van der Waals surface area contributed by atoms with Gasteiger partial charge in [0, 0.05) is 12.7 Å². The van der Waals surface area contributed by atoms with Crippen molar-refractivity contribution in [2.75, 3.05) is 19.8 Å². The number of hydrogen-bond donors (Lipinski definition) is 1. The van der Waals surface area contributed by atoms with Crippen LogP contribution in [-0.2, 0) is 4.74 Å². The van der Waals surface area contributed by atoms with E-state index in [1.54, 1.807) is 6.20 Å². The van der Waals surface area contributed by atoms with E-state index in [-0.39, 0.29) is 6.04 Å². The molecule has 3 heterocycles. The summed E-state index contributed by atoms with van der Waals surface area (Å²) in [5.41, 5.74) is 2.76. The predicted octanol–water partition coefficient (Wildman–Crippen LogP) is 1.39. The molecule has 0 amide bonds. The summed E-state index contributed by atoms with van der Waals surface area (Å²) >= 11 is 0. The normalized spacial score (nSPS) is 18.0. The molecule has 3 aromatic rings. The monoisotopic (exact) mass is 308 g/mol. The van der Waals surface area contributed by atoms with Crippen LogP contribution in [0.3, 0.4) is 0 Å². The molecule has 1 N–H and O–H groups in total. The predicted molar refractivity (Wildman–Crippen MR) is 83.9 cm³/mol. The van der Waals surface area contributed by atoms with E-state index in [2.05, 4.69) is 37.8 Å². The molecule has 7 heteroatoms. The van der Waals surface area contributed by atoms with Gasteiger partial charge in [0.1, 0.15) is 5.69 Å². The second-order valence-electron chi connectivity index (χ2n) is 5.29. The molecular formula is C16H16N6O. The molecule has 1 fully saturated rings. The molecular weight excluding hydrogens is 292 g/mol. The van der Waals surface area contributed by atoms with Gasteiger partial charge >= 0.3 is 0 Å². The lowest BCUT2D eigenvalue weighted by molar-refractivity contribution is 0.0769. The minimum Gasteiger partial charge on any atom is -0.378 e. The van der Waals surface area contributed by atoms with Crippen LogP contribution in [0.25, 0.3) is 17.2 Å². The van der Waals surface area contributed by atoms with Crippen molar-refractivity contribution in [3.05, 3.63) is 54.2 Å². The molecule has 0 aliphatic carbocycles. The van der Waals surface area contributed by atoms with E-state index >= 15 is 0 Å². The molecule has 0 radical (unpaired) electrons. The quantitative estimate of drug-likeness (QED) is 0.788. The van der Waals surface area contributed by atoms with Gasteiger partial charge in [-0.15, -0.1) is 15.0 Å². The number of hydrogen-bond acceptors (Lipinski definition) is 6. The van der Waals surface area contributed by atoms with Crippen LogP contribution in [0.4, 0.5) is 0 Å². The molecule has 1 saturated heterocycles. The molecule has 4 rings (SSSR count). The number of nitrogens with zero attached hydrogens (tertiary/aromatic N) is 5. The third kappa shape index (κ3) is 2.96. The average Bonchev–Trinajstić information content (AvgIpc) is 3.14. The second kappa shape index (κ2) is 6.23. The fourth-order valence-corrected chi connectivity index (χ4v) is 2.54. The van der Waals surface area contributed by atoms with E-state index in [1.807, 2.05) is 30.3 Å². The maximum absolute atomic E-state index is 5.49. The highest BCUT2D eigenvalue weighted by molar-refractivity contribution is 5.47. The Balaban J connectivity index is 1.55. The number of benzene rings is 1. The second-order valence-corrected chi connectivity index (χ2v) is 5.29. The van der Waals surface area contributed by atoms with Crippen LogP contribution < -0.4 is 5.32 Å². The van der Waals surface area contributed by atoms with Crippen molar-refractivity contribution in [3.8, 4) is 17.2 Å². The highest BCUT2D eigenvalue weighted by Crippen LogP contribution is 2.18. The number of tetrazole rings is 1. The molecule has 7 nitrogen and oxygen atoms in total. The molecule has 1 aromatic carbocycles. The summed E-state index contributed by atoms with van der Waals surface area (Å²) in [7, 11) is 0. The Morgan fingerprint density at radius 1 is 1.13 bits per heavy atom. The maximum Gasteiger partial charge on any atom is 0.223 e. The van der Waals surface area contributed by atoms with Gasteiger partial charge < -0.3 is 10.1 Å². The van der Waals surface area contributed by atoms with Gasteiger partial charge in [-0.3, -0.25) is 4.98 Å². The minimum atomic E-state index is 0.241. The fraction of sp³-hybridized carbons (Fsp3) is 0.250. The third-order valence-corrected chi connectivity index (χ3v) is 3.76. The van der Waals surface area contributed by atoms with E-state index in [0.717, 1.165) is 18.8 Å². The van der Waals surface area contributed by atoms with Gasteiger partial charge in [-0.1, -0.05) is 18.2 Å². The summed E-state index contributed by atoms with van der Waals surface area (Å²) in [5, 5.41) is 16.0. The summed E-state index contributed by atoms with van der Waals surface area (Å²) in [5.74, 6) is 0.511. The lowest BCUT2D eigenvalue weighted by atomic mass is 10.1. The minimum absolute atomic E-state index is 0.241. The molecule has 23 heavy (non-hydrogen) atoms. The summed E-state index contributed by atoms with van der Waals surface area (Å²) in [6, 6.07) is 13.9. The van der Waals surface area contributed by atoms with Crippen molar-refractivity contribution < 1.29 is 4.74 Å². The van der Waals surface area contributed by atoms with Crippen LogP contribution in [0.1, 0.15) is 11.6 Å². The van der Waals surface area contributed by atoms with Crippen LogP contribution >= 0.6 is 0 Å². The molecule has 2 aromatic heterocycles. The molecule has 116 valence electrons. The Morgan fingerprint density at radius 3 is 2.78 bits per heavy atom. The average molecular weight is 308 g/mol. The fourth-order valence-electron chi connectivity index (χ4n) is 2.54. The zero-order valence-electron chi connectivity index (χ0n) is 12.5. The van der Waals surface area contributed by atoms with Gasteiger partial charge in [0.05, 0.1) is 24.9 Å². The summed E-state index contributed by atoms with van der Waals surface area (Å²) in [6.45, 7) is 2.35. The lowest BCUT2D eigenvalue weighted by Gasteiger charge is -2.24. The highest BCUT2D eigenvalue weighted by atomic mass is 16.5.